The molecule has 0 aliphatic heterocycles. The van der Waals surface area contributed by atoms with Crippen LogP contribution in [0.5, 0.6) is 0 Å². The molecule has 0 bridgehead atoms. The van der Waals surface area contributed by atoms with Crippen LogP contribution in [0.4, 0.5) is 0 Å². The van der Waals surface area contributed by atoms with Gasteiger partial charge in [-0.05, 0) is 30.5 Å². The minimum absolute atomic E-state index is 0.101. The van der Waals surface area contributed by atoms with Gasteiger partial charge in [0.25, 0.3) is 0 Å². The maximum atomic E-state index is 11.7. The summed E-state index contributed by atoms with van der Waals surface area (Å²) in [4.78, 5) is 11.7. The van der Waals surface area contributed by atoms with Gasteiger partial charge in [0.15, 0.2) is 0 Å². The summed E-state index contributed by atoms with van der Waals surface area (Å²) in [5.41, 5.74) is 1.15. The Morgan fingerprint density at radius 3 is 2.22 bits per heavy atom. The van der Waals surface area contributed by atoms with E-state index in [9.17, 15) is 4.79 Å². The molecule has 1 aromatic rings. The minimum Gasteiger partial charge on any atom is -0.468 e. The predicted molar refractivity (Wildman–Crippen MR) is 76.3 cm³/mol. The highest BCUT2D eigenvalue weighted by Crippen LogP contribution is 2.18. The SMILES string of the molecule is COC(=O)C(NC(C)c1ccc(Br)cc1)C(C)C. The molecule has 100 valence electrons. The Morgan fingerprint density at radius 2 is 1.78 bits per heavy atom. The molecule has 0 aliphatic carbocycles. The van der Waals surface area contributed by atoms with Gasteiger partial charge in [-0.25, -0.2) is 0 Å². The highest BCUT2D eigenvalue weighted by Gasteiger charge is 2.24. The molecule has 2 atom stereocenters. The van der Waals surface area contributed by atoms with E-state index in [0.29, 0.717) is 0 Å². The molecule has 1 N–H and O–H groups in total. The van der Waals surface area contributed by atoms with Gasteiger partial charge >= 0.3 is 5.97 Å². The molecular formula is C14H20BrNO2. The fourth-order valence-corrected chi connectivity index (χ4v) is 2.04. The number of nitrogens with one attached hydrogen (secondary N) is 1. The van der Waals surface area contributed by atoms with Crippen molar-refractivity contribution in [2.45, 2.75) is 32.9 Å². The van der Waals surface area contributed by atoms with Crippen LogP contribution >= 0.6 is 15.9 Å². The predicted octanol–water partition coefficient (Wildman–Crippen LogP) is 3.30. The van der Waals surface area contributed by atoms with Crippen LogP contribution in [0.15, 0.2) is 28.7 Å². The average Bonchev–Trinajstić information content (AvgIpc) is 2.35. The maximum absolute atomic E-state index is 11.7. The lowest BCUT2D eigenvalue weighted by molar-refractivity contribution is -0.144. The quantitative estimate of drug-likeness (QED) is 0.848. The summed E-state index contributed by atoms with van der Waals surface area (Å²) in [5.74, 6) is -0.0238. The molecule has 0 amide bonds. The van der Waals surface area contributed by atoms with Gasteiger partial charge in [0.1, 0.15) is 6.04 Å². The zero-order valence-electron chi connectivity index (χ0n) is 11.2. The molecule has 0 fully saturated rings. The van der Waals surface area contributed by atoms with Gasteiger partial charge in [-0.1, -0.05) is 41.9 Å². The number of benzene rings is 1. The van der Waals surface area contributed by atoms with Crippen molar-refractivity contribution in [3.63, 3.8) is 0 Å². The van der Waals surface area contributed by atoms with E-state index < -0.39 is 0 Å². The van der Waals surface area contributed by atoms with E-state index in [4.69, 9.17) is 4.74 Å². The summed E-state index contributed by atoms with van der Waals surface area (Å²) in [7, 11) is 1.42. The molecule has 3 nitrogen and oxygen atoms in total. The number of carbonyl (C=O) groups excluding carboxylic acids is 1. The second kappa shape index (κ2) is 6.90. The Kier molecular flexibility index (Phi) is 5.82. The van der Waals surface area contributed by atoms with Gasteiger partial charge < -0.3 is 4.74 Å². The molecule has 0 aromatic heterocycles. The molecule has 0 heterocycles. The number of carbonyl (C=O) groups is 1. The van der Waals surface area contributed by atoms with Crippen molar-refractivity contribution < 1.29 is 9.53 Å². The van der Waals surface area contributed by atoms with Gasteiger partial charge in [0.05, 0.1) is 7.11 Å². The summed E-state index contributed by atoms with van der Waals surface area (Å²) in [6.45, 7) is 6.05. The summed E-state index contributed by atoms with van der Waals surface area (Å²) >= 11 is 3.41. The average molecular weight is 314 g/mol. The smallest absolute Gasteiger partial charge is 0.323 e. The summed E-state index contributed by atoms with van der Waals surface area (Å²) in [6.07, 6.45) is 0. The van der Waals surface area contributed by atoms with Crippen LogP contribution in [-0.2, 0) is 9.53 Å². The summed E-state index contributed by atoms with van der Waals surface area (Å²) in [5, 5.41) is 3.31. The first-order valence-corrected chi connectivity index (χ1v) is 6.84. The topological polar surface area (TPSA) is 38.3 Å². The third-order valence-electron chi connectivity index (χ3n) is 2.92. The minimum atomic E-state index is -0.284. The molecule has 0 radical (unpaired) electrons. The molecule has 0 spiro atoms. The van der Waals surface area contributed by atoms with Crippen molar-refractivity contribution in [1.82, 2.24) is 5.32 Å². The molecular weight excluding hydrogens is 294 g/mol. The van der Waals surface area contributed by atoms with E-state index in [-0.39, 0.29) is 24.0 Å². The molecule has 18 heavy (non-hydrogen) atoms. The van der Waals surface area contributed by atoms with Crippen LogP contribution in [0.25, 0.3) is 0 Å². The standard InChI is InChI=1S/C14H20BrNO2/c1-9(2)13(14(17)18-4)16-10(3)11-5-7-12(15)8-6-11/h5-10,13,16H,1-4H3. The van der Waals surface area contributed by atoms with Crippen molar-refractivity contribution in [2.75, 3.05) is 7.11 Å². The molecule has 0 aliphatic rings. The van der Waals surface area contributed by atoms with E-state index >= 15 is 0 Å². The lowest BCUT2D eigenvalue weighted by atomic mass is 10.0. The zero-order valence-corrected chi connectivity index (χ0v) is 12.8. The van der Waals surface area contributed by atoms with Gasteiger partial charge in [-0.3, -0.25) is 10.1 Å². The third-order valence-corrected chi connectivity index (χ3v) is 3.45. The largest absolute Gasteiger partial charge is 0.468 e. The maximum Gasteiger partial charge on any atom is 0.323 e. The number of methoxy groups -OCH3 is 1. The van der Waals surface area contributed by atoms with Gasteiger partial charge in [0, 0.05) is 10.5 Å². The number of rotatable bonds is 5. The first-order valence-electron chi connectivity index (χ1n) is 6.05. The van der Waals surface area contributed by atoms with Crippen molar-refractivity contribution >= 4 is 21.9 Å². The lowest BCUT2D eigenvalue weighted by Gasteiger charge is -2.24. The monoisotopic (exact) mass is 313 g/mol. The van der Waals surface area contributed by atoms with Gasteiger partial charge in [0.2, 0.25) is 0 Å². The Bertz CT molecular complexity index is 389. The molecule has 2 unspecified atom stereocenters. The number of esters is 1. The van der Waals surface area contributed by atoms with E-state index in [2.05, 4.69) is 21.2 Å². The first kappa shape index (κ1) is 15.2. The second-order valence-electron chi connectivity index (χ2n) is 4.68. The lowest BCUT2D eigenvalue weighted by Crippen LogP contribution is -2.42. The van der Waals surface area contributed by atoms with Crippen molar-refractivity contribution in [3.8, 4) is 0 Å². The van der Waals surface area contributed by atoms with Gasteiger partial charge in [-0.2, -0.15) is 0 Å². The van der Waals surface area contributed by atoms with E-state index in [1.807, 2.05) is 45.0 Å². The van der Waals surface area contributed by atoms with Crippen LogP contribution in [0.3, 0.4) is 0 Å². The van der Waals surface area contributed by atoms with E-state index in [1.54, 1.807) is 0 Å². The Labute approximate surface area is 117 Å². The van der Waals surface area contributed by atoms with Crippen molar-refractivity contribution in [2.24, 2.45) is 5.92 Å². The number of halogens is 1. The van der Waals surface area contributed by atoms with Crippen LogP contribution in [0.2, 0.25) is 0 Å². The van der Waals surface area contributed by atoms with Crippen LogP contribution in [0.1, 0.15) is 32.4 Å². The highest BCUT2D eigenvalue weighted by molar-refractivity contribution is 9.10. The first-order chi connectivity index (χ1) is 8.45. The number of hydrogen-bond donors (Lipinski definition) is 1. The Hall–Kier alpha value is -0.870. The van der Waals surface area contributed by atoms with E-state index in [1.165, 1.54) is 7.11 Å². The number of hydrogen-bond acceptors (Lipinski definition) is 3. The molecule has 4 heteroatoms. The van der Waals surface area contributed by atoms with Crippen LogP contribution in [-0.4, -0.2) is 19.1 Å². The van der Waals surface area contributed by atoms with Crippen LogP contribution in [0, 0.1) is 5.92 Å². The molecule has 0 saturated carbocycles. The third kappa shape index (κ3) is 4.10. The fourth-order valence-electron chi connectivity index (χ4n) is 1.78. The highest BCUT2D eigenvalue weighted by atomic mass is 79.9. The zero-order chi connectivity index (χ0) is 13.7. The van der Waals surface area contributed by atoms with E-state index in [0.717, 1.165) is 10.0 Å². The summed E-state index contributed by atoms with van der Waals surface area (Å²) in [6, 6.07) is 7.89. The molecule has 0 saturated heterocycles. The molecule has 1 rings (SSSR count). The van der Waals surface area contributed by atoms with Crippen molar-refractivity contribution in [3.05, 3.63) is 34.3 Å². The second-order valence-corrected chi connectivity index (χ2v) is 5.60. The summed E-state index contributed by atoms with van der Waals surface area (Å²) < 4.78 is 5.87. The number of ether oxygens (including phenoxy) is 1. The van der Waals surface area contributed by atoms with Gasteiger partial charge in [-0.15, -0.1) is 0 Å². The Balaban J connectivity index is 2.75. The Morgan fingerprint density at radius 1 is 1.22 bits per heavy atom. The molecule has 1 aromatic carbocycles. The normalized spacial score (nSPS) is 14.3. The fraction of sp³-hybridized carbons (Fsp3) is 0.500. The van der Waals surface area contributed by atoms with Crippen molar-refractivity contribution in [1.29, 1.82) is 0 Å². The van der Waals surface area contributed by atoms with Crippen LogP contribution < -0.4 is 5.32 Å².